The Morgan fingerprint density at radius 3 is 2.89 bits per heavy atom. The molecule has 2 N–H and O–H groups in total. The third-order valence-electron chi connectivity index (χ3n) is 2.70. The van der Waals surface area contributed by atoms with Crippen molar-refractivity contribution in [1.82, 2.24) is 15.0 Å². The Morgan fingerprint density at radius 2 is 2.11 bits per heavy atom. The van der Waals surface area contributed by atoms with Gasteiger partial charge in [0.05, 0.1) is 16.3 Å². The molecule has 0 spiro atoms. The third kappa shape index (κ3) is 2.23. The zero-order valence-corrected chi connectivity index (χ0v) is 10.5. The summed E-state index contributed by atoms with van der Waals surface area (Å²) in [5.41, 5.74) is 8.13. The summed E-state index contributed by atoms with van der Waals surface area (Å²) < 4.78 is 1.17. The summed E-state index contributed by atoms with van der Waals surface area (Å²) in [5, 5.41) is 0.954. The number of fused-ring (bicyclic) bond motifs is 1. The maximum atomic E-state index is 6.18. The summed E-state index contributed by atoms with van der Waals surface area (Å²) in [7, 11) is 0. The molecule has 0 aliphatic carbocycles. The normalized spacial score (nSPS) is 12.7. The van der Waals surface area contributed by atoms with Crippen LogP contribution in [0.4, 0.5) is 0 Å². The number of aromatic nitrogens is 3. The van der Waals surface area contributed by atoms with Gasteiger partial charge in [-0.05, 0) is 18.2 Å². The third-order valence-corrected chi connectivity index (χ3v) is 3.87. The second-order valence-corrected chi connectivity index (χ2v) is 5.09. The van der Waals surface area contributed by atoms with E-state index >= 15 is 0 Å². The SMILES string of the molecule is NC(Cc1ccncn1)c1nc2ccccc2s1. The van der Waals surface area contributed by atoms with Crippen LogP contribution in [0.25, 0.3) is 10.2 Å². The highest BCUT2D eigenvalue weighted by Crippen LogP contribution is 2.26. The van der Waals surface area contributed by atoms with E-state index in [9.17, 15) is 0 Å². The van der Waals surface area contributed by atoms with Crippen LogP contribution in [0.3, 0.4) is 0 Å². The predicted octanol–water partition coefficient (Wildman–Crippen LogP) is 2.33. The molecule has 0 saturated heterocycles. The van der Waals surface area contributed by atoms with E-state index in [-0.39, 0.29) is 6.04 Å². The summed E-state index contributed by atoms with van der Waals surface area (Å²) in [6, 6.07) is 9.84. The number of thiazole rings is 1. The first-order valence-corrected chi connectivity index (χ1v) is 6.50. The van der Waals surface area contributed by atoms with Crippen LogP contribution < -0.4 is 5.73 Å². The topological polar surface area (TPSA) is 64.7 Å². The summed E-state index contributed by atoms with van der Waals surface area (Å²) in [5.74, 6) is 0. The van der Waals surface area contributed by atoms with Crippen molar-refractivity contribution in [3.8, 4) is 0 Å². The molecule has 0 saturated carbocycles. The van der Waals surface area contributed by atoms with Gasteiger partial charge in [-0.1, -0.05) is 12.1 Å². The van der Waals surface area contributed by atoms with E-state index in [4.69, 9.17) is 5.73 Å². The van der Waals surface area contributed by atoms with E-state index in [1.807, 2.05) is 24.3 Å². The van der Waals surface area contributed by atoms with Crippen molar-refractivity contribution in [2.75, 3.05) is 0 Å². The molecule has 90 valence electrons. The van der Waals surface area contributed by atoms with E-state index in [0.29, 0.717) is 6.42 Å². The summed E-state index contributed by atoms with van der Waals surface area (Å²) in [6.45, 7) is 0. The number of para-hydroxylation sites is 1. The van der Waals surface area contributed by atoms with Gasteiger partial charge in [0.1, 0.15) is 11.3 Å². The lowest BCUT2D eigenvalue weighted by Gasteiger charge is -2.06. The van der Waals surface area contributed by atoms with Gasteiger partial charge >= 0.3 is 0 Å². The minimum atomic E-state index is -0.114. The maximum absolute atomic E-state index is 6.18. The molecule has 1 atom stereocenters. The lowest BCUT2D eigenvalue weighted by Crippen LogP contribution is -2.13. The van der Waals surface area contributed by atoms with Crippen LogP contribution in [-0.4, -0.2) is 15.0 Å². The lowest BCUT2D eigenvalue weighted by molar-refractivity contribution is 0.700. The zero-order valence-electron chi connectivity index (χ0n) is 9.65. The molecule has 1 unspecified atom stereocenters. The minimum absolute atomic E-state index is 0.114. The van der Waals surface area contributed by atoms with Crippen LogP contribution in [0.5, 0.6) is 0 Å². The van der Waals surface area contributed by atoms with Crippen molar-refractivity contribution in [3.63, 3.8) is 0 Å². The number of nitrogens with two attached hydrogens (primary N) is 1. The Morgan fingerprint density at radius 1 is 1.22 bits per heavy atom. The van der Waals surface area contributed by atoms with E-state index < -0.39 is 0 Å². The molecule has 0 amide bonds. The molecular weight excluding hydrogens is 244 g/mol. The zero-order chi connectivity index (χ0) is 12.4. The van der Waals surface area contributed by atoms with Crippen molar-refractivity contribution >= 4 is 21.6 Å². The molecule has 2 heterocycles. The van der Waals surface area contributed by atoms with Crippen LogP contribution in [-0.2, 0) is 6.42 Å². The van der Waals surface area contributed by atoms with E-state index in [1.165, 1.54) is 4.70 Å². The number of benzene rings is 1. The fourth-order valence-electron chi connectivity index (χ4n) is 1.80. The van der Waals surface area contributed by atoms with Crippen molar-refractivity contribution in [1.29, 1.82) is 0 Å². The highest BCUT2D eigenvalue weighted by Gasteiger charge is 2.12. The average Bonchev–Trinajstić information content (AvgIpc) is 2.84. The second-order valence-electron chi connectivity index (χ2n) is 4.03. The van der Waals surface area contributed by atoms with Gasteiger partial charge in [0.15, 0.2) is 0 Å². The number of hydrogen-bond donors (Lipinski definition) is 1. The Balaban J connectivity index is 1.86. The van der Waals surface area contributed by atoms with Crippen LogP contribution >= 0.6 is 11.3 Å². The van der Waals surface area contributed by atoms with Gasteiger partial charge in [0.25, 0.3) is 0 Å². The van der Waals surface area contributed by atoms with Crippen molar-refractivity contribution < 1.29 is 0 Å². The molecule has 0 radical (unpaired) electrons. The van der Waals surface area contributed by atoms with Gasteiger partial charge in [0.2, 0.25) is 0 Å². The van der Waals surface area contributed by atoms with Crippen LogP contribution in [0.15, 0.2) is 42.9 Å². The molecule has 0 bridgehead atoms. The standard InChI is InChI=1S/C13H12N4S/c14-10(7-9-5-6-15-8-16-9)13-17-11-3-1-2-4-12(11)18-13/h1-6,8,10H,7,14H2. The predicted molar refractivity (Wildman–Crippen MR) is 72.3 cm³/mol. The van der Waals surface area contributed by atoms with E-state index in [0.717, 1.165) is 16.2 Å². The molecule has 0 fully saturated rings. The Labute approximate surface area is 109 Å². The smallest absolute Gasteiger partial charge is 0.115 e. The van der Waals surface area contributed by atoms with Gasteiger partial charge < -0.3 is 5.73 Å². The molecule has 5 heteroatoms. The fraction of sp³-hybridized carbons (Fsp3) is 0.154. The van der Waals surface area contributed by atoms with E-state index in [1.54, 1.807) is 23.9 Å². The second kappa shape index (κ2) is 4.80. The fourth-order valence-corrected chi connectivity index (χ4v) is 2.77. The first kappa shape index (κ1) is 11.3. The van der Waals surface area contributed by atoms with Gasteiger partial charge in [-0.3, -0.25) is 0 Å². The molecule has 0 aliphatic heterocycles. The van der Waals surface area contributed by atoms with Crippen LogP contribution in [0.2, 0.25) is 0 Å². The molecule has 4 nitrogen and oxygen atoms in total. The first-order chi connectivity index (χ1) is 8.83. The Kier molecular flexibility index (Phi) is 3.00. The first-order valence-electron chi connectivity index (χ1n) is 5.69. The number of nitrogens with zero attached hydrogens (tertiary/aromatic N) is 3. The van der Waals surface area contributed by atoms with Crippen molar-refractivity contribution in [3.05, 3.63) is 53.6 Å². The Hall–Kier alpha value is -1.85. The van der Waals surface area contributed by atoms with Gasteiger partial charge in [0, 0.05) is 18.3 Å². The number of rotatable bonds is 3. The molecule has 18 heavy (non-hydrogen) atoms. The molecule has 1 aromatic carbocycles. The molecule has 3 aromatic rings. The highest BCUT2D eigenvalue weighted by atomic mass is 32.1. The number of hydrogen-bond acceptors (Lipinski definition) is 5. The quantitative estimate of drug-likeness (QED) is 0.781. The van der Waals surface area contributed by atoms with Crippen molar-refractivity contribution in [2.24, 2.45) is 5.73 Å². The largest absolute Gasteiger partial charge is 0.322 e. The molecular formula is C13H12N4S. The van der Waals surface area contributed by atoms with Gasteiger partial charge in [-0.25, -0.2) is 15.0 Å². The molecule has 0 aliphatic rings. The maximum Gasteiger partial charge on any atom is 0.115 e. The van der Waals surface area contributed by atoms with Crippen molar-refractivity contribution in [2.45, 2.75) is 12.5 Å². The average molecular weight is 256 g/mol. The monoisotopic (exact) mass is 256 g/mol. The molecule has 3 rings (SSSR count). The van der Waals surface area contributed by atoms with Gasteiger partial charge in [-0.15, -0.1) is 11.3 Å². The lowest BCUT2D eigenvalue weighted by atomic mass is 10.2. The highest BCUT2D eigenvalue weighted by molar-refractivity contribution is 7.18. The van der Waals surface area contributed by atoms with Gasteiger partial charge in [-0.2, -0.15) is 0 Å². The van der Waals surface area contributed by atoms with E-state index in [2.05, 4.69) is 21.0 Å². The van der Waals surface area contributed by atoms with Crippen LogP contribution in [0.1, 0.15) is 16.7 Å². The molecule has 2 aromatic heterocycles. The summed E-state index contributed by atoms with van der Waals surface area (Å²) in [4.78, 5) is 12.6. The summed E-state index contributed by atoms with van der Waals surface area (Å²) in [6.07, 6.45) is 3.95. The minimum Gasteiger partial charge on any atom is -0.322 e. The van der Waals surface area contributed by atoms with Crippen LogP contribution in [0, 0.1) is 0 Å². The Bertz CT molecular complexity index is 617. The summed E-state index contributed by atoms with van der Waals surface area (Å²) >= 11 is 1.65.